The van der Waals surface area contributed by atoms with E-state index < -0.39 is 11.6 Å². The summed E-state index contributed by atoms with van der Waals surface area (Å²) in [6.07, 6.45) is 0. The average molecular weight is 356 g/mol. The molecule has 0 fully saturated rings. The van der Waals surface area contributed by atoms with Gasteiger partial charge in [0.2, 0.25) is 0 Å². The fraction of sp³-hybridized carbons (Fsp3) is 0. The number of rotatable bonds is 0. The molecule has 0 aromatic heterocycles. The minimum Gasteiger partial charge on any atom is -0.214 e. The van der Waals surface area contributed by atoms with Gasteiger partial charge < -0.3 is 0 Å². The predicted molar refractivity (Wildman–Crippen MR) is 53.2 cm³/mol. The molecular formula is C7H5Cl3FeGeO2+4. The second kappa shape index (κ2) is 29.2. The summed E-state index contributed by atoms with van der Waals surface area (Å²) in [5, 5.41) is 0. The first-order chi connectivity index (χ1) is 6.23. The van der Waals surface area contributed by atoms with Crippen molar-refractivity contribution >= 4 is 41.6 Å². The summed E-state index contributed by atoms with van der Waals surface area (Å²) in [5.41, 5.74) is 0. The van der Waals surface area contributed by atoms with E-state index in [4.69, 9.17) is 39.3 Å². The molecule has 74 valence electrons. The first kappa shape index (κ1) is 24.1. The standard InChI is InChI=1S/C5H5.2CO.Cl3Ge.Fe/c1-2-4-5-3-1;2*1-2;1-4(2)3;/h1-5H;;;;/q-1;;;;+5. The maximum atomic E-state index is 7.50. The summed E-state index contributed by atoms with van der Waals surface area (Å²) in [6.45, 7) is 9.00. The van der Waals surface area contributed by atoms with E-state index in [1.54, 1.807) is 0 Å². The van der Waals surface area contributed by atoms with Crippen LogP contribution in [0.4, 0.5) is 0 Å². The quantitative estimate of drug-likeness (QED) is 0.390. The van der Waals surface area contributed by atoms with E-state index in [1.165, 1.54) is 0 Å². The van der Waals surface area contributed by atoms with E-state index in [9.17, 15) is 0 Å². The maximum Gasteiger partial charge on any atom is 5.00 e. The van der Waals surface area contributed by atoms with Gasteiger partial charge in [0.1, 0.15) is 0 Å². The van der Waals surface area contributed by atoms with Gasteiger partial charge in [-0.15, -0.1) is 0 Å². The molecule has 0 aliphatic carbocycles. The van der Waals surface area contributed by atoms with Crippen molar-refractivity contribution in [1.82, 2.24) is 0 Å². The molecule has 0 spiro atoms. The fourth-order valence-corrected chi connectivity index (χ4v) is 0.321. The molecule has 0 aliphatic rings. The molecule has 0 amide bonds. The van der Waals surface area contributed by atoms with Crippen LogP contribution in [-0.2, 0) is 26.4 Å². The Morgan fingerprint density at radius 3 is 1.21 bits per heavy atom. The topological polar surface area (TPSA) is 39.8 Å². The van der Waals surface area contributed by atoms with Crippen LogP contribution in [0.5, 0.6) is 0 Å². The normalized spacial score (nSPS) is 5.71. The summed E-state index contributed by atoms with van der Waals surface area (Å²) in [6, 6.07) is 10.0. The van der Waals surface area contributed by atoms with Gasteiger partial charge in [-0.3, -0.25) is 0 Å². The van der Waals surface area contributed by atoms with Crippen LogP contribution in [0, 0.1) is 13.3 Å². The molecule has 14 heavy (non-hydrogen) atoms. The molecule has 0 saturated carbocycles. The van der Waals surface area contributed by atoms with Crippen LogP contribution in [0.1, 0.15) is 0 Å². The molecule has 0 N–H and O–H groups in total. The zero-order chi connectivity index (χ0) is 11.1. The smallest absolute Gasteiger partial charge is 0.214 e. The minimum absolute atomic E-state index is 0. The molecule has 0 heterocycles. The number of hydrogen-bond donors (Lipinski definition) is 0. The van der Waals surface area contributed by atoms with Gasteiger partial charge >= 0.3 is 81.3 Å². The second-order valence-corrected chi connectivity index (χ2v) is 11.0. The molecule has 0 unspecified atom stereocenters. The van der Waals surface area contributed by atoms with Gasteiger partial charge in [-0.2, -0.15) is 18.2 Å². The SMILES string of the molecule is [C-]#[O+].[C-]#[O+].[Cl][Ge]([Cl])[Cl].[Fe+5].c1cc[cH-]c1. The van der Waals surface area contributed by atoms with Gasteiger partial charge in [-0.1, -0.05) is 0 Å². The van der Waals surface area contributed by atoms with E-state index in [2.05, 4.69) is 13.3 Å². The van der Waals surface area contributed by atoms with Gasteiger partial charge in [0.05, 0.1) is 0 Å². The fourth-order valence-electron chi connectivity index (χ4n) is 0.321. The Morgan fingerprint density at radius 1 is 0.929 bits per heavy atom. The molecule has 2 radical (unpaired) electrons. The number of hydrogen-bond acceptors (Lipinski definition) is 0. The van der Waals surface area contributed by atoms with Crippen molar-refractivity contribution in [2.75, 3.05) is 0 Å². The molecule has 7 heteroatoms. The molecule has 1 rings (SSSR count). The summed E-state index contributed by atoms with van der Waals surface area (Å²) in [7, 11) is 14.9. The van der Waals surface area contributed by atoms with Crippen molar-refractivity contribution in [2.45, 2.75) is 0 Å². The van der Waals surface area contributed by atoms with Crippen molar-refractivity contribution in [3.05, 3.63) is 43.6 Å². The zero-order valence-electron chi connectivity index (χ0n) is 6.69. The van der Waals surface area contributed by atoms with Crippen molar-refractivity contribution in [1.29, 1.82) is 0 Å². The van der Waals surface area contributed by atoms with Gasteiger partial charge in [0.25, 0.3) is 0 Å². The first-order valence-electron chi connectivity index (χ1n) is 2.64. The first-order valence-corrected chi connectivity index (χ1v) is 10.9. The van der Waals surface area contributed by atoms with Crippen LogP contribution in [0.2, 0.25) is 0 Å². The van der Waals surface area contributed by atoms with Crippen LogP contribution < -0.4 is 0 Å². The van der Waals surface area contributed by atoms with Gasteiger partial charge in [-0.05, 0) is 0 Å². The van der Waals surface area contributed by atoms with Crippen molar-refractivity contribution in [3.63, 3.8) is 0 Å². The Balaban J connectivity index is -0.0000000511. The molecule has 1 aromatic carbocycles. The predicted octanol–water partition coefficient (Wildman–Crippen LogP) is 3.02. The Kier molecular flexibility index (Phi) is 50.3. The summed E-state index contributed by atoms with van der Waals surface area (Å²) in [4.78, 5) is 0. The molecule has 0 atom stereocenters. The Labute approximate surface area is 111 Å². The molecule has 0 aliphatic heterocycles. The summed E-state index contributed by atoms with van der Waals surface area (Å²) < 4.78 is 15.0. The third-order valence-electron chi connectivity index (χ3n) is 0.556. The molecule has 0 saturated heterocycles. The van der Waals surface area contributed by atoms with Gasteiger partial charge in [-0.25, -0.2) is 12.1 Å². The maximum absolute atomic E-state index is 7.50. The van der Waals surface area contributed by atoms with Crippen LogP contribution in [0.25, 0.3) is 0 Å². The second-order valence-electron chi connectivity index (χ2n) is 1.18. The van der Waals surface area contributed by atoms with Gasteiger partial charge in [0, 0.05) is 0 Å². The Hall–Kier alpha value is 0.762. The van der Waals surface area contributed by atoms with E-state index >= 15 is 0 Å². The molecule has 1 aromatic rings. The summed E-state index contributed by atoms with van der Waals surface area (Å²) >= 11 is -1.92. The molecular weight excluding hydrogens is 351 g/mol. The van der Waals surface area contributed by atoms with Crippen LogP contribution >= 0.6 is 30.0 Å². The third kappa shape index (κ3) is 53.2. The van der Waals surface area contributed by atoms with E-state index in [0.29, 0.717) is 0 Å². The van der Waals surface area contributed by atoms with Crippen LogP contribution in [-0.4, -0.2) is 11.6 Å². The van der Waals surface area contributed by atoms with Crippen LogP contribution in [0.3, 0.4) is 0 Å². The van der Waals surface area contributed by atoms with Crippen molar-refractivity contribution < 1.29 is 26.4 Å². The Morgan fingerprint density at radius 2 is 1.14 bits per heavy atom. The Bertz CT molecular complexity index is 163. The number of halogens is 3. The largest absolute Gasteiger partial charge is 5.00 e. The van der Waals surface area contributed by atoms with Crippen molar-refractivity contribution in [3.8, 4) is 0 Å². The zero-order valence-corrected chi connectivity index (χ0v) is 12.2. The monoisotopic (exact) mass is 356 g/mol. The van der Waals surface area contributed by atoms with Gasteiger partial charge in [0.15, 0.2) is 0 Å². The van der Waals surface area contributed by atoms with E-state index in [0.717, 1.165) is 0 Å². The summed E-state index contributed by atoms with van der Waals surface area (Å²) in [5.74, 6) is 0. The molecule has 2 nitrogen and oxygen atoms in total. The minimum atomic E-state index is -1.92. The average Bonchev–Trinajstić information content (AvgIpc) is 2.67. The van der Waals surface area contributed by atoms with E-state index in [1.807, 2.05) is 30.3 Å². The van der Waals surface area contributed by atoms with Crippen molar-refractivity contribution in [2.24, 2.45) is 0 Å². The van der Waals surface area contributed by atoms with E-state index in [-0.39, 0.29) is 17.1 Å². The third-order valence-corrected chi connectivity index (χ3v) is 0.556. The molecule has 0 bridgehead atoms. The van der Waals surface area contributed by atoms with Crippen LogP contribution in [0.15, 0.2) is 30.3 Å².